The molecule has 2 N–H and O–H groups in total. The Balaban J connectivity index is 1.34. The van der Waals surface area contributed by atoms with Gasteiger partial charge in [0.25, 0.3) is 5.91 Å². The molecule has 39 heavy (non-hydrogen) atoms. The second kappa shape index (κ2) is 10.6. The fraction of sp³-hybridized carbons (Fsp3) is 0.407. The molecule has 4 heterocycles. The third kappa shape index (κ3) is 4.98. The lowest BCUT2D eigenvalue weighted by Crippen LogP contribution is -2.69. The Bertz CT molecular complexity index is 1390. The van der Waals surface area contributed by atoms with Crippen molar-refractivity contribution in [1.29, 1.82) is 0 Å². The number of rotatable bonds is 7. The molecule has 1 aromatic heterocycles. The van der Waals surface area contributed by atoms with E-state index in [1.54, 1.807) is 41.0 Å². The molecule has 12 heteroatoms. The van der Waals surface area contributed by atoms with Crippen LogP contribution in [0.4, 0.5) is 0 Å². The number of aromatic nitrogens is 1. The van der Waals surface area contributed by atoms with Gasteiger partial charge in [0.2, 0.25) is 5.91 Å². The first kappa shape index (κ1) is 27.1. The van der Waals surface area contributed by atoms with Gasteiger partial charge in [-0.2, -0.15) is 0 Å². The number of aliphatic carboxylic acids is 1. The summed E-state index contributed by atoms with van der Waals surface area (Å²) in [5.41, 5.74) is 1.32. The zero-order chi connectivity index (χ0) is 28.0. The monoisotopic (exact) mass is 574 g/mol. The van der Waals surface area contributed by atoms with E-state index in [4.69, 9.17) is 32.5 Å². The lowest BCUT2D eigenvalue weighted by Gasteiger charge is -2.51. The molecule has 0 saturated carbocycles. The molecule has 2 aromatic rings. The molecule has 2 saturated heterocycles. The van der Waals surface area contributed by atoms with Gasteiger partial charge in [-0.1, -0.05) is 48.3 Å². The van der Waals surface area contributed by atoms with Crippen molar-refractivity contribution in [3.63, 3.8) is 0 Å². The fourth-order valence-corrected chi connectivity index (χ4v) is 5.80. The number of amides is 2. The van der Waals surface area contributed by atoms with Gasteiger partial charge >= 0.3 is 5.97 Å². The van der Waals surface area contributed by atoms with Crippen LogP contribution in [0, 0.1) is 12.8 Å². The molecule has 2 fully saturated rings. The first-order valence-electron chi connectivity index (χ1n) is 12.6. The summed E-state index contributed by atoms with van der Waals surface area (Å²) >= 11 is 12.7. The summed E-state index contributed by atoms with van der Waals surface area (Å²) in [6, 6.07) is 4.19. The second-order valence-corrected chi connectivity index (χ2v) is 11.1. The number of allylic oxidation sites excluding steroid dienone is 1. The second-order valence-electron chi connectivity index (χ2n) is 10.3. The predicted molar refractivity (Wildman–Crippen MR) is 143 cm³/mol. The Kier molecular flexibility index (Phi) is 7.35. The number of carbonyl (C=O) groups is 3. The van der Waals surface area contributed by atoms with Crippen LogP contribution in [0.1, 0.15) is 36.4 Å². The zero-order valence-electron chi connectivity index (χ0n) is 21.7. The number of carboxylic acids is 1. The van der Waals surface area contributed by atoms with E-state index in [0.29, 0.717) is 52.4 Å². The van der Waals surface area contributed by atoms with Crippen LogP contribution in [0.15, 0.2) is 45.8 Å². The number of carbonyl (C=O) groups excluding carboxylic acids is 2. The van der Waals surface area contributed by atoms with E-state index < -0.39 is 17.9 Å². The number of benzene rings is 1. The Morgan fingerprint density at radius 1 is 1.28 bits per heavy atom. The Hall–Kier alpha value is -3.50. The quantitative estimate of drug-likeness (QED) is 0.477. The van der Waals surface area contributed by atoms with E-state index in [1.165, 1.54) is 0 Å². The molecule has 0 spiro atoms. The summed E-state index contributed by atoms with van der Waals surface area (Å²) < 4.78 is 11.2. The van der Waals surface area contributed by atoms with Gasteiger partial charge in [-0.15, -0.1) is 0 Å². The number of carboxylic acid groups (broad SMARTS) is 1. The molecule has 3 aliphatic heterocycles. The topological polar surface area (TPSA) is 125 Å². The number of hydrogen-bond donors (Lipinski definition) is 2. The Morgan fingerprint density at radius 2 is 2.00 bits per heavy atom. The summed E-state index contributed by atoms with van der Waals surface area (Å²) in [7, 11) is 0. The molecule has 1 aromatic carbocycles. The van der Waals surface area contributed by atoms with Gasteiger partial charge in [-0.05, 0) is 37.5 Å². The van der Waals surface area contributed by atoms with Crippen LogP contribution in [0.25, 0.3) is 11.3 Å². The maximum absolute atomic E-state index is 13.3. The largest absolute Gasteiger partial charge is 0.489 e. The van der Waals surface area contributed by atoms with Gasteiger partial charge in [0, 0.05) is 30.8 Å². The van der Waals surface area contributed by atoms with Gasteiger partial charge < -0.3 is 29.5 Å². The van der Waals surface area contributed by atoms with Gasteiger partial charge in [0.1, 0.15) is 23.6 Å². The number of aryl methyl sites for hydroxylation is 1. The van der Waals surface area contributed by atoms with Gasteiger partial charge in [-0.3, -0.25) is 9.59 Å². The van der Waals surface area contributed by atoms with Crippen molar-refractivity contribution < 1.29 is 28.8 Å². The number of likely N-dealkylation sites (tertiary alicyclic amines) is 1. The lowest BCUT2D eigenvalue weighted by molar-refractivity contribution is -0.138. The van der Waals surface area contributed by atoms with Crippen molar-refractivity contribution >= 4 is 41.0 Å². The molecular formula is C27H28Cl2N4O6. The minimum atomic E-state index is -1.16. The van der Waals surface area contributed by atoms with E-state index in [1.807, 2.05) is 13.8 Å². The summed E-state index contributed by atoms with van der Waals surface area (Å²) in [6.45, 7) is 7.35. The number of nitrogens with one attached hydrogen (secondary N) is 1. The van der Waals surface area contributed by atoms with Crippen molar-refractivity contribution in [2.24, 2.45) is 5.92 Å². The highest BCUT2D eigenvalue weighted by Crippen LogP contribution is 2.38. The summed E-state index contributed by atoms with van der Waals surface area (Å²) in [5.74, 6) is -0.919. The molecule has 0 bridgehead atoms. The van der Waals surface area contributed by atoms with Crippen LogP contribution in [-0.2, 0) is 14.3 Å². The molecule has 5 rings (SSSR count). The average Bonchev–Trinajstić information content (AvgIpc) is 3.39. The third-order valence-electron chi connectivity index (χ3n) is 7.10. The molecule has 10 nitrogen and oxygen atoms in total. The number of halogens is 2. The van der Waals surface area contributed by atoms with Crippen molar-refractivity contribution in [3.05, 3.63) is 62.7 Å². The van der Waals surface area contributed by atoms with E-state index in [-0.39, 0.29) is 47.8 Å². The van der Waals surface area contributed by atoms with Crippen molar-refractivity contribution in [2.45, 2.75) is 39.3 Å². The Labute approximate surface area is 235 Å². The van der Waals surface area contributed by atoms with Crippen LogP contribution in [0.2, 0.25) is 10.0 Å². The fourth-order valence-electron chi connectivity index (χ4n) is 5.23. The number of ether oxygens (including phenoxy) is 1. The highest BCUT2D eigenvalue weighted by molar-refractivity contribution is 6.39. The van der Waals surface area contributed by atoms with E-state index in [0.717, 1.165) is 0 Å². The number of hydrogen-bond acceptors (Lipinski definition) is 7. The summed E-state index contributed by atoms with van der Waals surface area (Å²) in [5, 5.41) is 17.6. The van der Waals surface area contributed by atoms with Gasteiger partial charge in [0.05, 0.1) is 22.1 Å². The summed E-state index contributed by atoms with van der Waals surface area (Å²) in [4.78, 5) is 41.8. The molecule has 2 amide bonds. The maximum Gasteiger partial charge on any atom is 0.356 e. The van der Waals surface area contributed by atoms with Crippen molar-refractivity contribution in [2.75, 3.05) is 26.2 Å². The predicted octanol–water partition coefficient (Wildman–Crippen LogP) is 3.88. The van der Waals surface area contributed by atoms with Crippen molar-refractivity contribution in [1.82, 2.24) is 20.3 Å². The number of nitrogens with zero attached hydrogens (tertiary/aromatic N) is 3. The lowest BCUT2D eigenvalue weighted by atomic mass is 9.93. The molecule has 0 aliphatic carbocycles. The first-order chi connectivity index (χ1) is 18.6. The minimum Gasteiger partial charge on any atom is -0.489 e. The highest BCUT2D eigenvalue weighted by Gasteiger charge is 2.47. The van der Waals surface area contributed by atoms with Crippen LogP contribution in [0.5, 0.6) is 0 Å². The zero-order valence-corrected chi connectivity index (χ0v) is 23.2. The first-order valence-corrected chi connectivity index (χ1v) is 13.4. The SMILES string of the molecule is Cc1onc(-c2c(Cl)cccc2Cl)c1C(=O)N[C@H]1CN2C(C(=O)O)=C(/C=C3\CCN(CC(C)C)C3=O)OC[C@H]12. The van der Waals surface area contributed by atoms with Gasteiger partial charge in [0.15, 0.2) is 11.5 Å². The van der Waals surface area contributed by atoms with Crippen LogP contribution >= 0.6 is 23.2 Å². The van der Waals surface area contributed by atoms with E-state index in [2.05, 4.69) is 10.5 Å². The van der Waals surface area contributed by atoms with Crippen LogP contribution in [-0.4, -0.2) is 76.2 Å². The number of fused-ring (bicyclic) bond motifs is 1. The molecule has 2 atom stereocenters. The van der Waals surface area contributed by atoms with Crippen molar-refractivity contribution in [3.8, 4) is 11.3 Å². The normalized spacial score (nSPS) is 21.8. The molecule has 3 aliphatic rings. The highest BCUT2D eigenvalue weighted by atomic mass is 35.5. The van der Waals surface area contributed by atoms with E-state index >= 15 is 0 Å². The smallest absolute Gasteiger partial charge is 0.356 e. The third-order valence-corrected chi connectivity index (χ3v) is 7.73. The minimum absolute atomic E-state index is 0.0240. The maximum atomic E-state index is 13.3. The molecular weight excluding hydrogens is 547 g/mol. The molecule has 0 radical (unpaired) electrons. The van der Waals surface area contributed by atoms with Gasteiger partial charge in [-0.25, -0.2) is 4.79 Å². The van der Waals surface area contributed by atoms with Crippen LogP contribution < -0.4 is 5.32 Å². The standard InChI is InChI=1S/C27H28Cl2N4O6/c1-13(2)10-32-8-7-15(26(32)35)9-20-24(27(36)37)33-11-18(19(33)12-38-20)30-25(34)21-14(3)39-31-23(21)22-16(28)5-4-6-17(22)29/h4-6,9,13,18-19H,7-8,10-12H2,1-3H3,(H,30,34)(H,36,37)/b15-9+/t18-,19+/m0/s1. The van der Waals surface area contributed by atoms with Crippen LogP contribution in [0.3, 0.4) is 0 Å². The molecule has 206 valence electrons. The van der Waals surface area contributed by atoms with E-state index in [9.17, 15) is 19.5 Å². The Morgan fingerprint density at radius 3 is 2.67 bits per heavy atom. The summed E-state index contributed by atoms with van der Waals surface area (Å²) in [6.07, 6.45) is 2.08. The molecule has 0 unspecified atom stereocenters. The average molecular weight is 575 g/mol.